The summed E-state index contributed by atoms with van der Waals surface area (Å²) in [6, 6.07) is 0.441. The molecular weight excluding hydrogens is 166 g/mol. The van der Waals surface area contributed by atoms with Crippen molar-refractivity contribution >= 4 is 5.91 Å². The molecule has 0 radical (unpaired) electrons. The molecule has 3 heteroatoms. The van der Waals surface area contributed by atoms with E-state index in [1.165, 1.54) is 6.42 Å². The lowest BCUT2D eigenvalue weighted by molar-refractivity contribution is -0.158. The maximum absolute atomic E-state index is 11.4. The van der Waals surface area contributed by atoms with Gasteiger partial charge < -0.3 is 10.1 Å². The van der Waals surface area contributed by atoms with Gasteiger partial charge in [0.1, 0.15) is 0 Å². The van der Waals surface area contributed by atoms with Crippen molar-refractivity contribution in [2.45, 2.75) is 31.7 Å². The predicted molar refractivity (Wildman–Crippen MR) is 47.1 cm³/mol. The van der Waals surface area contributed by atoms with Crippen LogP contribution < -0.4 is 5.32 Å². The normalized spacial score (nSPS) is 41.1. The minimum absolute atomic E-state index is 0.0539. The third-order valence-electron chi connectivity index (χ3n) is 4.02. The fraction of sp³-hybridized carbons (Fsp3) is 0.900. The van der Waals surface area contributed by atoms with E-state index in [4.69, 9.17) is 4.74 Å². The van der Waals surface area contributed by atoms with Crippen molar-refractivity contribution in [3.8, 4) is 0 Å². The van der Waals surface area contributed by atoms with Crippen LogP contribution in [0.5, 0.6) is 0 Å². The Morgan fingerprint density at radius 1 is 1.46 bits per heavy atom. The van der Waals surface area contributed by atoms with E-state index in [1.807, 2.05) is 0 Å². The Hall–Kier alpha value is -0.570. The molecule has 3 fully saturated rings. The Morgan fingerprint density at radius 3 is 2.77 bits per heavy atom. The molecular formula is C10H15NO2. The third kappa shape index (κ3) is 0.857. The number of hydrogen-bond donors (Lipinski definition) is 1. The van der Waals surface area contributed by atoms with E-state index < -0.39 is 0 Å². The highest BCUT2D eigenvalue weighted by Crippen LogP contribution is 2.52. The van der Waals surface area contributed by atoms with Gasteiger partial charge in [-0.1, -0.05) is 6.42 Å². The Balaban J connectivity index is 1.75. The molecule has 3 aliphatic rings. The zero-order valence-electron chi connectivity index (χ0n) is 7.71. The summed E-state index contributed by atoms with van der Waals surface area (Å²) in [5.41, 5.74) is 0.0539. The van der Waals surface area contributed by atoms with Crippen LogP contribution in [0.15, 0.2) is 0 Å². The molecule has 1 N–H and O–H groups in total. The lowest BCUT2D eigenvalue weighted by atomic mass is 9.55. The van der Waals surface area contributed by atoms with Crippen LogP contribution >= 0.6 is 0 Å². The molecule has 0 aromatic carbocycles. The van der Waals surface area contributed by atoms with Crippen molar-refractivity contribution in [2.24, 2.45) is 11.3 Å². The number of carbonyl (C=O) groups is 1. The van der Waals surface area contributed by atoms with Crippen molar-refractivity contribution in [3.05, 3.63) is 0 Å². The summed E-state index contributed by atoms with van der Waals surface area (Å²) < 4.78 is 5.36. The number of carbonyl (C=O) groups excluding carboxylic acids is 1. The molecule has 3 rings (SSSR count). The van der Waals surface area contributed by atoms with Gasteiger partial charge in [0.2, 0.25) is 5.91 Å². The van der Waals surface area contributed by atoms with Gasteiger partial charge in [0.15, 0.2) is 0 Å². The number of β-lactam (4-membered cyclic amide) rings is 1. The van der Waals surface area contributed by atoms with Crippen LogP contribution in [-0.2, 0) is 9.53 Å². The van der Waals surface area contributed by atoms with E-state index in [0.717, 1.165) is 32.5 Å². The zero-order chi connectivity index (χ0) is 8.89. The summed E-state index contributed by atoms with van der Waals surface area (Å²) in [6.07, 6.45) is 4.59. The summed E-state index contributed by atoms with van der Waals surface area (Å²) in [5, 5.41) is 3.06. The van der Waals surface area contributed by atoms with Crippen LogP contribution in [0.4, 0.5) is 0 Å². The van der Waals surface area contributed by atoms with Gasteiger partial charge in [0.25, 0.3) is 0 Å². The smallest absolute Gasteiger partial charge is 0.228 e. The summed E-state index contributed by atoms with van der Waals surface area (Å²) in [5.74, 6) is 0.897. The second-order valence-electron chi connectivity index (χ2n) is 4.58. The van der Waals surface area contributed by atoms with Crippen LogP contribution in [0.25, 0.3) is 0 Å². The molecule has 2 aliphatic heterocycles. The average Bonchev–Trinajstić information content (AvgIpc) is 2.48. The molecule has 1 spiro atoms. The monoisotopic (exact) mass is 181 g/mol. The topological polar surface area (TPSA) is 38.3 Å². The second kappa shape index (κ2) is 2.47. The SMILES string of the molecule is O=C1NC(C2CCOC2)C12CCC2. The van der Waals surface area contributed by atoms with Gasteiger partial charge in [-0.15, -0.1) is 0 Å². The van der Waals surface area contributed by atoms with Crippen LogP contribution in [0.1, 0.15) is 25.7 Å². The number of nitrogens with one attached hydrogen (secondary N) is 1. The first-order valence-corrected chi connectivity index (χ1v) is 5.22. The minimum atomic E-state index is 0.0539. The second-order valence-corrected chi connectivity index (χ2v) is 4.58. The molecule has 72 valence electrons. The van der Waals surface area contributed by atoms with E-state index in [9.17, 15) is 4.79 Å². The Kier molecular flexibility index (Phi) is 1.48. The highest BCUT2D eigenvalue weighted by molar-refractivity contribution is 5.91. The number of rotatable bonds is 1. The Bertz CT molecular complexity index is 241. The molecule has 1 aliphatic carbocycles. The fourth-order valence-corrected chi connectivity index (χ4v) is 2.97. The van der Waals surface area contributed by atoms with Crippen LogP contribution in [0.2, 0.25) is 0 Å². The maximum Gasteiger partial charge on any atom is 0.228 e. The molecule has 13 heavy (non-hydrogen) atoms. The number of ether oxygens (including phenoxy) is 1. The molecule has 0 bridgehead atoms. The van der Waals surface area contributed by atoms with E-state index in [1.54, 1.807) is 0 Å². The third-order valence-corrected chi connectivity index (χ3v) is 4.02. The van der Waals surface area contributed by atoms with Gasteiger partial charge in [0.05, 0.1) is 12.0 Å². The molecule has 2 unspecified atom stereocenters. The summed E-state index contributed by atoms with van der Waals surface area (Å²) in [4.78, 5) is 11.4. The van der Waals surface area contributed by atoms with Crippen molar-refractivity contribution in [3.63, 3.8) is 0 Å². The van der Waals surface area contributed by atoms with Crippen molar-refractivity contribution < 1.29 is 9.53 Å². The molecule has 1 saturated carbocycles. The molecule has 2 atom stereocenters. The molecule has 0 aromatic rings. The minimum Gasteiger partial charge on any atom is -0.381 e. The van der Waals surface area contributed by atoms with E-state index in [2.05, 4.69) is 5.32 Å². The highest BCUT2D eigenvalue weighted by atomic mass is 16.5. The summed E-state index contributed by atoms with van der Waals surface area (Å²) in [7, 11) is 0. The first-order valence-electron chi connectivity index (χ1n) is 5.22. The lowest BCUT2D eigenvalue weighted by Gasteiger charge is -2.56. The first kappa shape index (κ1) is 7.80. The zero-order valence-corrected chi connectivity index (χ0v) is 7.71. The number of hydrogen-bond acceptors (Lipinski definition) is 2. The van der Waals surface area contributed by atoms with Gasteiger partial charge in [0, 0.05) is 18.6 Å². The lowest BCUT2D eigenvalue weighted by Crippen LogP contribution is -2.72. The Morgan fingerprint density at radius 2 is 2.31 bits per heavy atom. The van der Waals surface area contributed by atoms with Crippen molar-refractivity contribution in [1.82, 2.24) is 5.32 Å². The highest BCUT2D eigenvalue weighted by Gasteiger charge is 2.60. The summed E-state index contributed by atoms with van der Waals surface area (Å²) in [6.45, 7) is 1.74. The quantitative estimate of drug-likeness (QED) is 0.604. The first-order chi connectivity index (χ1) is 6.33. The van der Waals surface area contributed by atoms with Crippen LogP contribution in [-0.4, -0.2) is 25.2 Å². The van der Waals surface area contributed by atoms with Crippen molar-refractivity contribution in [2.75, 3.05) is 13.2 Å². The molecule has 3 nitrogen and oxygen atoms in total. The van der Waals surface area contributed by atoms with Crippen LogP contribution in [0.3, 0.4) is 0 Å². The van der Waals surface area contributed by atoms with E-state index in [0.29, 0.717) is 17.9 Å². The molecule has 0 aromatic heterocycles. The molecule has 2 saturated heterocycles. The fourth-order valence-electron chi connectivity index (χ4n) is 2.97. The van der Waals surface area contributed by atoms with Gasteiger partial charge in [-0.05, 0) is 19.3 Å². The largest absolute Gasteiger partial charge is 0.381 e. The van der Waals surface area contributed by atoms with Gasteiger partial charge in [-0.25, -0.2) is 0 Å². The van der Waals surface area contributed by atoms with E-state index in [-0.39, 0.29) is 5.41 Å². The summed E-state index contributed by atoms with van der Waals surface area (Å²) >= 11 is 0. The maximum atomic E-state index is 11.4. The standard InChI is InChI=1S/C10H15NO2/c12-9-10(3-1-4-10)8(11-9)7-2-5-13-6-7/h7-8H,1-6H2,(H,11,12). The van der Waals surface area contributed by atoms with Gasteiger partial charge in [-0.3, -0.25) is 4.79 Å². The van der Waals surface area contributed by atoms with Gasteiger partial charge >= 0.3 is 0 Å². The Labute approximate surface area is 77.8 Å². The van der Waals surface area contributed by atoms with Crippen LogP contribution in [0, 0.1) is 11.3 Å². The number of amides is 1. The van der Waals surface area contributed by atoms with Crippen molar-refractivity contribution in [1.29, 1.82) is 0 Å². The molecule has 1 amide bonds. The van der Waals surface area contributed by atoms with Gasteiger partial charge in [-0.2, -0.15) is 0 Å². The average molecular weight is 181 g/mol. The predicted octanol–water partition coefficient (Wildman–Crippen LogP) is 0.692. The molecule has 2 heterocycles. The van der Waals surface area contributed by atoms with E-state index >= 15 is 0 Å².